The molecule has 2 rings (SSSR count). The Bertz CT molecular complexity index is 824. The highest BCUT2D eigenvalue weighted by Crippen LogP contribution is 2.27. The first-order valence-corrected chi connectivity index (χ1v) is 8.84. The van der Waals surface area contributed by atoms with Crippen LogP contribution in [0.4, 0.5) is 5.69 Å². The van der Waals surface area contributed by atoms with Crippen molar-refractivity contribution in [3.05, 3.63) is 52.5 Å². The third kappa shape index (κ3) is 6.18. The van der Waals surface area contributed by atoms with Crippen molar-refractivity contribution in [1.29, 1.82) is 0 Å². The molecule has 0 aliphatic carbocycles. The van der Waals surface area contributed by atoms with Crippen LogP contribution in [-0.4, -0.2) is 32.6 Å². The predicted octanol–water partition coefficient (Wildman–Crippen LogP) is 3.35. The number of benzene rings is 2. The Morgan fingerprint density at radius 3 is 2.44 bits per heavy atom. The quantitative estimate of drug-likeness (QED) is 0.677. The van der Waals surface area contributed by atoms with Crippen molar-refractivity contribution in [2.24, 2.45) is 0 Å². The summed E-state index contributed by atoms with van der Waals surface area (Å²) >= 11 is 5.93. The van der Waals surface area contributed by atoms with E-state index in [1.807, 2.05) is 25.1 Å². The lowest BCUT2D eigenvalue weighted by Gasteiger charge is -2.11. The standard InChI is InChI=1S/C20H23ClN2O4/c1-13-4-6-15(21)11-16(13)23-20(25)12-19(24)22-9-8-14-5-7-17(26-2)18(10-14)27-3/h4-7,10-11H,8-9,12H2,1-3H3,(H,22,24)(H,23,25). The Kier molecular flexibility index (Phi) is 7.49. The molecule has 0 saturated carbocycles. The Labute approximate surface area is 163 Å². The van der Waals surface area contributed by atoms with E-state index in [0.29, 0.717) is 35.2 Å². The second-order valence-electron chi connectivity index (χ2n) is 5.97. The largest absolute Gasteiger partial charge is 0.493 e. The molecule has 2 aromatic rings. The number of amides is 2. The minimum atomic E-state index is -0.385. The molecule has 0 heterocycles. The maximum atomic E-state index is 12.0. The Morgan fingerprint density at radius 1 is 1.00 bits per heavy atom. The predicted molar refractivity (Wildman–Crippen MR) is 106 cm³/mol. The number of anilines is 1. The number of aryl methyl sites for hydroxylation is 1. The van der Waals surface area contributed by atoms with Gasteiger partial charge in [-0.2, -0.15) is 0 Å². The van der Waals surface area contributed by atoms with Crippen molar-refractivity contribution in [3.63, 3.8) is 0 Å². The van der Waals surface area contributed by atoms with Crippen molar-refractivity contribution in [2.45, 2.75) is 19.8 Å². The van der Waals surface area contributed by atoms with Crippen LogP contribution in [-0.2, 0) is 16.0 Å². The number of carbonyl (C=O) groups is 2. The monoisotopic (exact) mass is 390 g/mol. The fraction of sp³-hybridized carbons (Fsp3) is 0.300. The molecular weight excluding hydrogens is 368 g/mol. The van der Waals surface area contributed by atoms with Gasteiger partial charge in [-0.25, -0.2) is 0 Å². The summed E-state index contributed by atoms with van der Waals surface area (Å²) in [6.07, 6.45) is 0.360. The van der Waals surface area contributed by atoms with Crippen molar-refractivity contribution in [3.8, 4) is 11.5 Å². The van der Waals surface area contributed by atoms with Gasteiger partial charge in [-0.1, -0.05) is 23.7 Å². The number of carbonyl (C=O) groups excluding carboxylic acids is 2. The van der Waals surface area contributed by atoms with Crippen molar-refractivity contribution in [1.82, 2.24) is 5.32 Å². The van der Waals surface area contributed by atoms with Gasteiger partial charge in [-0.05, 0) is 48.7 Å². The summed E-state index contributed by atoms with van der Waals surface area (Å²) in [5, 5.41) is 5.97. The average molecular weight is 391 g/mol. The molecule has 2 amide bonds. The summed E-state index contributed by atoms with van der Waals surface area (Å²) in [6, 6.07) is 10.8. The molecule has 0 atom stereocenters. The first-order valence-electron chi connectivity index (χ1n) is 8.46. The van der Waals surface area contributed by atoms with Crippen molar-refractivity contribution < 1.29 is 19.1 Å². The highest BCUT2D eigenvalue weighted by atomic mass is 35.5. The second kappa shape index (κ2) is 9.83. The van der Waals surface area contributed by atoms with Crippen LogP contribution in [0, 0.1) is 6.92 Å². The summed E-state index contributed by atoms with van der Waals surface area (Å²) in [5.74, 6) is 0.563. The van der Waals surface area contributed by atoms with E-state index in [1.165, 1.54) is 0 Å². The number of halogens is 1. The number of methoxy groups -OCH3 is 2. The molecule has 0 aliphatic rings. The van der Waals surface area contributed by atoms with Gasteiger partial charge in [0.1, 0.15) is 6.42 Å². The first-order chi connectivity index (χ1) is 12.9. The van der Waals surface area contributed by atoms with E-state index in [4.69, 9.17) is 21.1 Å². The molecule has 2 aromatic carbocycles. The number of hydrogen-bond donors (Lipinski definition) is 2. The number of rotatable bonds is 8. The van der Waals surface area contributed by atoms with Crippen LogP contribution < -0.4 is 20.1 Å². The molecule has 0 aromatic heterocycles. The zero-order chi connectivity index (χ0) is 19.8. The van der Waals surface area contributed by atoms with E-state index in [-0.39, 0.29) is 18.2 Å². The van der Waals surface area contributed by atoms with E-state index in [0.717, 1.165) is 11.1 Å². The fourth-order valence-electron chi connectivity index (χ4n) is 2.51. The van der Waals surface area contributed by atoms with Gasteiger partial charge in [-0.3, -0.25) is 9.59 Å². The molecule has 0 spiro atoms. The third-order valence-electron chi connectivity index (χ3n) is 3.98. The SMILES string of the molecule is COc1ccc(CCNC(=O)CC(=O)Nc2cc(Cl)ccc2C)cc1OC. The smallest absolute Gasteiger partial charge is 0.233 e. The van der Waals surface area contributed by atoms with Crippen LogP contribution in [0.2, 0.25) is 5.02 Å². The molecule has 0 saturated heterocycles. The van der Waals surface area contributed by atoms with Crippen LogP contribution in [0.3, 0.4) is 0 Å². The molecule has 6 nitrogen and oxygen atoms in total. The number of hydrogen-bond acceptors (Lipinski definition) is 4. The fourth-order valence-corrected chi connectivity index (χ4v) is 2.69. The van der Waals surface area contributed by atoms with E-state index in [2.05, 4.69) is 10.6 Å². The maximum Gasteiger partial charge on any atom is 0.233 e. The number of nitrogens with one attached hydrogen (secondary N) is 2. The van der Waals surface area contributed by atoms with Crippen LogP contribution in [0.15, 0.2) is 36.4 Å². The van der Waals surface area contributed by atoms with E-state index in [1.54, 1.807) is 32.4 Å². The van der Waals surface area contributed by atoms with E-state index in [9.17, 15) is 9.59 Å². The number of ether oxygens (including phenoxy) is 2. The Balaban J connectivity index is 1.80. The maximum absolute atomic E-state index is 12.0. The summed E-state index contributed by atoms with van der Waals surface area (Å²) < 4.78 is 10.5. The molecule has 0 fully saturated rings. The molecule has 0 aliphatic heterocycles. The highest BCUT2D eigenvalue weighted by molar-refractivity contribution is 6.31. The van der Waals surface area contributed by atoms with Gasteiger partial charge in [0.2, 0.25) is 11.8 Å². The zero-order valence-corrected chi connectivity index (χ0v) is 16.4. The average Bonchev–Trinajstić information content (AvgIpc) is 2.64. The Hall–Kier alpha value is -2.73. The summed E-state index contributed by atoms with van der Waals surface area (Å²) in [4.78, 5) is 24.0. The van der Waals surface area contributed by atoms with Gasteiger partial charge in [0.05, 0.1) is 14.2 Å². The van der Waals surface area contributed by atoms with Gasteiger partial charge in [-0.15, -0.1) is 0 Å². The van der Waals surface area contributed by atoms with Crippen LogP contribution >= 0.6 is 11.6 Å². The van der Waals surface area contributed by atoms with Crippen LogP contribution in [0.1, 0.15) is 17.5 Å². The summed E-state index contributed by atoms with van der Waals surface area (Å²) in [6.45, 7) is 2.27. The molecule has 0 unspecified atom stereocenters. The molecule has 144 valence electrons. The van der Waals surface area contributed by atoms with Crippen molar-refractivity contribution in [2.75, 3.05) is 26.1 Å². The molecule has 0 bridgehead atoms. The van der Waals surface area contributed by atoms with E-state index >= 15 is 0 Å². The lowest BCUT2D eigenvalue weighted by atomic mass is 10.1. The van der Waals surface area contributed by atoms with Gasteiger partial charge >= 0.3 is 0 Å². The van der Waals surface area contributed by atoms with E-state index < -0.39 is 0 Å². The molecular formula is C20H23ClN2O4. The zero-order valence-electron chi connectivity index (χ0n) is 15.6. The lowest BCUT2D eigenvalue weighted by molar-refractivity contribution is -0.126. The van der Waals surface area contributed by atoms with Gasteiger partial charge in [0.15, 0.2) is 11.5 Å². The topological polar surface area (TPSA) is 76.7 Å². The minimum absolute atomic E-state index is 0.252. The third-order valence-corrected chi connectivity index (χ3v) is 4.21. The van der Waals surface area contributed by atoms with Crippen molar-refractivity contribution >= 4 is 29.1 Å². The Morgan fingerprint density at radius 2 is 1.74 bits per heavy atom. The summed E-state index contributed by atoms with van der Waals surface area (Å²) in [7, 11) is 3.15. The minimum Gasteiger partial charge on any atom is -0.493 e. The summed E-state index contributed by atoms with van der Waals surface area (Å²) in [5.41, 5.74) is 2.47. The highest BCUT2D eigenvalue weighted by Gasteiger charge is 2.11. The first kappa shape index (κ1) is 20.6. The van der Waals surface area contributed by atoms with Crippen LogP contribution in [0.5, 0.6) is 11.5 Å². The molecule has 2 N–H and O–H groups in total. The molecule has 27 heavy (non-hydrogen) atoms. The second-order valence-corrected chi connectivity index (χ2v) is 6.41. The lowest BCUT2D eigenvalue weighted by Crippen LogP contribution is -2.29. The molecule has 0 radical (unpaired) electrons. The normalized spacial score (nSPS) is 10.2. The van der Waals surface area contributed by atoms with Gasteiger partial charge in [0.25, 0.3) is 0 Å². The molecule has 7 heteroatoms. The van der Waals surface area contributed by atoms with Gasteiger partial charge < -0.3 is 20.1 Å². The van der Waals surface area contributed by atoms with Gasteiger partial charge in [0, 0.05) is 17.3 Å². The van der Waals surface area contributed by atoms with Crippen LogP contribution in [0.25, 0.3) is 0 Å².